The molecule has 2 aromatic carbocycles. The number of nitrogens with zero attached hydrogens (tertiary/aromatic N) is 4. The number of nitrogens with one attached hydrogen (secondary N) is 1. The van der Waals surface area contributed by atoms with E-state index in [-0.39, 0.29) is 17.3 Å². The molecule has 0 bridgehead atoms. The lowest BCUT2D eigenvalue weighted by Gasteiger charge is -2.22. The first kappa shape index (κ1) is 20.1. The van der Waals surface area contributed by atoms with Gasteiger partial charge < -0.3 is 15.0 Å². The zero-order chi connectivity index (χ0) is 20.8. The van der Waals surface area contributed by atoms with Crippen molar-refractivity contribution in [2.75, 3.05) is 23.4 Å². The van der Waals surface area contributed by atoms with Gasteiger partial charge in [-0.3, -0.25) is 10.1 Å². The standard InChI is InChI=1S/C21H23N5O3/c1-4-25(16-10-8-9-15(3)13-16)21-19(26(27)28)20(22-14-23-21)24-17-11-6-7-12-18(17)29-5-2/h6-14H,4-5H2,1-3H3,(H,22,23,24). The van der Waals surface area contributed by atoms with E-state index in [4.69, 9.17) is 4.74 Å². The van der Waals surface area contributed by atoms with Gasteiger partial charge >= 0.3 is 5.69 Å². The quantitative estimate of drug-likeness (QED) is 0.425. The highest BCUT2D eigenvalue weighted by atomic mass is 16.6. The summed E-state index contributed by atoms with van der Waals surface area (Å²) in [6, 6.07) is 15.0. The molecule has 1 heterocycles. The zero-order valence-electron chi connectivity index (χ0n) is 16.6. The van der Waals surface area contributed by atoms with Crippen LogP contribution >= 0.6 is 0 Å². The monoisotopic (exact) mass is 393 g/mol. The first-order chi connectivity index (χ1) is 14.0. The fourth-order valence-electron chi connectivity index (χ4n) is 3.06. The van der Waals surface area contributed by atoms with E-state index >= 15 is 0 Å². The number of nitro groups is 1. The van der Waals surface area contributed by atoms with Gasteiger partial charge in [0.15, 0.2) is 0 Å². The number of aryl methyl sites for hydroxylation is 1. The molecule has 150 valence electrons. The molecule has 0 saturated carbocycles. The van der Waals surface area contributed by atoms with E-state index in [9.17, 15) is 10.1 Å². The molecule has 3 rings (SSSR count). The molecule has 29 heavy (non-hydrogen) atoms. The topological polar surface area (TPSA) is 93.4 Å². The molecule has 0 aliphatic carbocycles. The Morgan fingerprint density at radius 2 is 1.93 bits per heavy atom. The van der Waals surface area contributed by atoms with Crippen molar-refractivity contribution in [2.24, 2.45) is 0 Å². The Labute approximate surface area is 169 Å². The van der Waals surface area contributed by atoms with Crippen LogP contribution in [0.3, 0.4) is 0 Å². The summed E-state index contributed by atoms with van der Waals surface area (Å²) >= 11 is 0. The summed E-state index contributed by atoms with van der Waals surface area (Å²) in [7, 11) is 0. The molecule has 3 aromatic rings. The number of ether oxygens (including phenoxy) is 1. The molecule has 0 saturated heterocycles. The lowest BCUT2D eigenvalue weighted by Crippen LogP contribution is -2.20. The van der Waals surface area contributed by atoms with Crippen LogP contribution < -0.4 is 15.0 Å². The Bertz CT molecular complexity index is 1010. The summed E-state index contributed by atoms with van der Waals surface area (Å²) in [4.78, 5) is 21.7. The third-order valence-corrected chi connectivity index (χ3v) is 4.31. The van der Waals surface area contributed by atoms with Crippen LogP contribution in [-0.4, -0.2) is 28.0 Å². The van der Waals surface area contributed by atoms with E-state index in [1.54, 1.807) is 17.0 Å². The smallest absolute Gasteiger partial charge is 0.354 e. The van der Waals surface area contributed by atoms with Crippen molar-refractivity contribution in [3.05, 3.63) is 70.5 Å². The molecular formula is C21H23N5O3. The Morgan fingerprint density at radius 3 is 2.62 bits per heavy atom. The van der Waals surface area contributed by atoms with E-state index in [0.29, 0.717) is 24.6 Å². The van der Waals surface area contributed by atoms with E-state index in [2.05, 4.69) is 15.3 Å². The zero-order valence-corrected chi connectivity index (χ0v) is 16.6. The summed E-state index contributed by atoms with van der Waals surface area (Å²) in [5.41, 5.74) is 2.29. The SMILES string of the molecule is CCOc1ccccc1Nc1ncnc(N(CC)c2cccc(C)c2)c1[N+](=O)[O-]. The summed E-state index contributed by atoms with van der Waals surface area (Å²) in [5, 5.41) is 15.0. The van der Waals surface area contributed by atoms with Crippen LogP contribution in [0.2, 0.25) is 0 Å². The number of aromatic nitrogens is 2. The van der Waals surface area contributed by atoms with Crippen molar-refractivity contribution in [1.82, 2.24) is 9.97 Å². The third-order valence-electron chi connectivity index (χ3n) is 4.31. The molecule has 1 N–H and O–H groups in total. The maximum Gasteiger partial charge on any atom is 0.354 e. The van der Waals surface area contributed by atoms with Crippen LogP contribution in [0, 0.1) is 17.0 Å². The van der Waals surface area contributed by atoms with Crippen LogP contribution in [0.4, 0.5) is 28.7 Å². The fraction of sp³-hybridized carbons (Fsp3) is 0.238. The average Bonchev–Trinajstić information content (AvgIpc) is 2.70. The highest BCUT2D eigenvalue weighted by Crippen LogP contribution is 2.38. The van der Waals surface area contributed by atoms with Crippen molar-refractivity contribution < 1.29 is 9.66 Å². The lowest BCUT2D eigenvalue weighted by molar-refractivity contribution is -0.383. The minimum absolute atomic E-state index is 0.109. The Kier molecular flexibility index (Phi) is 6.23. The van der Waals surface area contributed by atoms with E-state index in [1.807, 2.05) is 57.2 Å². The van der Waals surface area contributed by atoms with Gasteiger partial charge in [0.2, 0.25) is 11.6 Å². The van der Waals surface area contributed by atoms with Gasteiger partial charge in [0.1, 0.15) is 12.1 Å². The van der Waals surface area contributed by atoms with Crippen molar-refractivity contribution >= 4 is 28.7 Å². The molecule has 0 spiro atoms. The van der Waals surface area contributed by atoms with Gasteiger partial charge in [-0.05, 0) is 50.6 Å². The van der Waals surface area contributed by atoms with Gasteiger partial charge in [0.25, 0.3) is 0 Å². The molecule has 0 atom stereocenters. The highest BCUT2D eigenvalue weighted by Gasteiger charge is 2.28. The second-order valence-corrected chi connectivity index (χ2v) is 6.29. The van der Waals surface area contributed by atoms with E-state index in [1.165, 1.54) is 6.33 Å². The van der Waals surface area contributed by atoms with E-state index in [0.717, 1.165) is 11.3 Å². The minimum atomic E-state index is -0.459. The number of rotatable bonds is 8. The van der Waals surface area contributed by atoms with E-state index < -0.39 is 4.92 Å². The maximum atomic E-state index is 12.0. The molecule has 0 radical (unpaired) electrons. The normalized spacial score (nSPS) is 10.4. The second-order valence-electron chi connectivity index (χ2n) is 6.29. The summed E-state index contributed by atoms with van der Waals surface area (Å²) < 4.78 is 5.60. The number of hydrogen-bond acceptors (Lipinski definition) is 7. The highest BCUT2D eigenvalue weighted by molar-refractivity contribution is 5.79. The molecule has 0 fully saturated rings. The number of benzene rings is 2. The molecule has 8 nitrogen and oxygen atoms in total. The van der Waals surface area contributed by atoms with Gasteiger partial charge in [0, 0.05) is 12.2 Å². The molecule has 0 unspecified atom stereocenters. The number of anilines is 4. The van der Waals surface area contributed by atoms with Crippen LogP contribution in [0.15, 0.2) is 54.9 Å². The van der Waals surface area contributed by atoms with Crippen molar-refractivity contribution in [2.45, 2.75) is 20.8 Å². The average molecular weight is 393 g/mol. The summed E-state index contributed by atoms with van der Waals surface area (Å²) in [5.74, 6) is 0.934. The largest absolute Gasteiger partial charge is 0.492 e. The van der Waals surface area contributed by atoms with Crippen molar-refractivity contribution in [1.29, 1.82) is 0 Å². The first-order valence-electron chi connectivity index (χ1n) is 9.37. The van der Waals surface area contributed by atoms with Crippen LogP contribution in [0.5, 0.6) is 5.75 Å². The van der Waals surface area contributed by atoms with Crippen molar-refractivity contribution in [3.8, 4) is 5.75 Å². The minimum Gasteiger partial charge on any atom is -0.492 e. The third kappa shape index (κ3) is 4.43. The molecule has 0 aliphatic heterocycles. The van der Waals surface area contributed by atoms with Gasteiger partial charge in [-0.25, -0.2) is 9.97 Å². The fourth-order valence-corrected chi connectivity index (χ4v) is 3.06. The number of hydrogen-bond donors (Lipinski definition) is 1. The first-order valence-corrected chi connectivity index (χ1v) is 9.37. The lowest BCUT2D eigenvalue weighted by atomic mass is 10.2. The molecule has 0 aliphatic rings. The van der Waals surface area contributed by atoms with Gasteiger partial charge in [-0.15, -0.1) is 0 Å². The number of para-hydroxylation sites is 2. The summed E-state index contributed by atoms with van der Waals surface area (Å²) in [6.45, 7) is 6.76. The summed E-state index contributed by atoms with van der Waals surface area (Å²) in [6.07, 6.45) is 1.33. The Morgan fingerprint density at radius 1 is 1.14 bits per heavy atom. The second kappa shape index (κ2) is 9.01. The van der Waals surface area contributed by atoms with Crippen LogP contribution in [0.1, 0.15) is 19.4 Å². The van der Waals surface area contributed by atoms with Gasteiger partial charge in [-0.1, -0.05) is 24.3 Å². The Hall–Kier alpha value is -3.68. The maximum absolute atomic E-state index is 12.0. The molecule has 0 amide bonds. The predicted octanol–water partition coefficient (Wildman–Crippen LogP) is 4.99. The van der Waals surface area contributed by atoms with Gasteiger partial charge in [-0.2, -0.15) is 0 Å². The predicted molar refractivity (Wildman–Crippen MR) is 113 cm³/mol. The molecule has 1 aromatic heterocycles. The van der Waals surface area contributed by atoms with Crippen molar-refractivity contribution in [3.63, 3.8) is 0 Å². The molecular weight excluding hydrogens is 370 g/mol. The van der Waals surface area contributed by atoms with Crippen LogP contribution in [0.25, 0.3) is 0 Å². The Balaban J connectivity index is 2.08. The molecule has 8 heteroatoms. The van der Waals surface area contributed by atoms with Crippen LogP contribution in [-0.2, 0) is 0 Å². The van der Waals surface area contributed by atoms with Gasteiger partial charge in [0.05, 0.1) is 17.2 Å².